The normalized spacial score (nSPS) is 11.9. The Morgan fingerprint density at radius 3 is 2.36 bits per heavy atom. The van der Waals surface area contributed by atoms with Gasteiger partial charge in [-0.15, -0.1) is 0 Å². The fourth-order valence-corrected chi connectivity index (χ4v) is 2.71. The van der Waals surface area contributed by atoms with Crippen LogP contribution in [-0.4, -0.2) is 17.9 Å². The van der Waals surface area contributed by atoms with Crippen molar-refractivity contribution < 1.29 is 14.0 Å². The van der Waals surface area contributed by atoms with E-state index in [4.69, 9.17) is 5.73 Å². The van der Waals surface area contributed by atoms with Crippen molar-refractivity contribution in [1.82, 2.24) is 5.32 Å². The Kier molecular flexibility index (Phi) is 4.75. The van der Waals surface area contributed by atoms with Gasteiger partial charge in [0.2, 0.25) is 5.91 Å². The van der Waals surface area contributed by atoms with Gasteiger partial charge in [-0.05, 0) is 28.5 Å². The number of hydrogen-bond donors (Lipinski definition) is 2. The van der Waals surface area contributed by atoms with Gasteiger partial charge in [0.15, 0.2) is 0 Å². The van der Waals surface area contributed by atoms with Crippen LogP contribution < -0.4 is 11.1 Å². The molecule has 0 fully saturated rings. The van der Waals surface area contributed by atoms with Crippen LogP contribution in [0.3, 0.4) is 0 Å². The Bertz CT molecular complexity index is 940. The molecule has 0 radical (unpaired) electrons. The minimum atomic E-state index is -0.923. The number of carbonyl (C=O) groups excluding carboxylic acids is 2. The molecule has 3 aromatic carbocycles. The lowest BCUT2D eigenvalue weighted by molar-refractivity contribution is -0.119. The predicted octanol–water partition coefficient (Wildman–Crippen LogP) is 2.81. The minimum absolute atomic E-state index is 0.118. The molecule has 3 N–H and O–H groups in total. The summed E-state index contributed by atoms with van der Waals surface area (Å²) >= 11 is 0. The summed E-state index contributed by atoms with van der Waals surface area (Å²) in [6.07, 6.45) is 0.236. The molecule has 4 nitrogen and oxygen atoms in total. The number of benzene rings is 3. The summed E-state index contributed by atoms with van der Waals surface area (Å²) in [5, 5.41) is 4.63. The highest BCUT2D eigenvalue weighted by Gasteiger charge is 2.21. The molecule has 0 aliphatic carbocycles. The molecule has 0 aliphatic rings. The van der Waals surface area contributed by atoms with E-state index in [1.54, 1.807) is 6.07 Å². The quantitative estimate of drug-likeness (QED) is 0.752. The van der Waals surface area contributed by atoms with Crippen LogP contribution in [0.4, 0.5) is 4.39 Å². The summed E-state index contributed by atoms with van der Waals surface area (Å²) in [4.78, 5) is 24.0. The zero-order chi connectivity index (χ0) is 17.8. The summed E-state index contributed by atoms with van der Waals surface area (Å²) in [6.45, 7) is 0. The van der Waals surface area contributed by atoms with Crippen LogP contribution in [0, 0.1) is 5.82 Å². The largest absolute Gasteiger partial charge is 0.368 e. The number of nitrogens with one attached hydrogen (secondary N) is 1. The van der Waals surface area contributed by atoms with Crippen LogP contribution in [0.25, 0.3) is 10.8 Å². The molecule has 0 spiro atoms. The fourth-order valence-electron chi connectivity index (χ4n) is 2.71. The molecular formula is C20H17FN2O2. The Morgan fingerprint density at radius 2 is 1.64 bits per heavy atom. The van der Waals surface area contributed by atoms with Crippen molar-refractivity contribution in [2.45, 2.75) is 12.5 Å². The van der Waals surface area contributed by atoms with Gasteiger partial charge < -0.3 is 11.1 Å². The van der Waals surface area contributed by atoms with Gasteiger partial charge in [-0.3, -0.25) is 9.59 Å². The lowest BCUT2D eigenvalue weighted by Gasteiger charge is -2.16. The standard InChI is InChI=1S/C20H17FN2O2/c21-17-8-4-3-7-16(17)20(25)23-18(19(22)24)12-13-9-10-14-5-1-2-6-15(14)11-13/h1-11,18H,12H2,(H2,22,24)(H,23,25)/t18-/m1/s1. The highest BCUT2D eigenvalue weighted by molar-refractivity contribution is 5.97. The van der Waals surface area contributed by atoms with E-state index in [1.165, 1.54) is 18.2 Å². The van der Waals surface area contributed by atoms with E-state index >= 15 is 0 Å². The van der Waals surface area contributed by atoms with Crippen molar-refractivity contribution in [3.63, 3.8) is 0 Å². The minimum Gasteiger partial charge on any atom is -0.368 e. The van der Waals surface area contributed by atoms with E-state index in [-0.39, 0.29) is 12.0 Å². The zero-order valence-electron chi connectivity index (χ0n) is 13.4. The second-order valence-corrected chi connectivity index (χ2v) is 5.79. The average Bonchev–Trinajstić information content (AvgIpc) is 2.61. The third-order valence-electron chi connectivity index (χ3n) is 4.02. The van der Waals surface area contributed by atoms with Crippen molar-refractivity contribution in [1.29, 1.82) is 0 Å². The van der Waals surface area contributed by atoms with Crippen LogP contribution in [0.1, 0.15) is 15.9 Å². The number of nitrogens with two attached hydrogens (primary N) is 1. The number of fused-ring (bicyclic) bond motifs is 1. The van der Waals surface area contributed by atoms with Gasteiger partial charge in [0.25, 0.3) is 5.91 Å². The first-order valence-corrected chi connectivity index (χ1v) is 7.87. The lowest BCUT2D eigenvalue weighted by atomic mass is 10.0. The van der Waals surface area contributed by atoms with E-state index in [1.807, 2.05) is 42.5 Å². The zero-order valence-corrected chi connectivity index (χ0v) is 13.4. The third-order valence-corrected chi connectivity index (χ3v) is 4.02. The van der Waals surface area contributed by atoms with Crippen molar-refractivity contribution in [2.75, 3.05) is 0 Å². The van der Waals surface area contributed by atoms with Crippen molar-refractivity contribution in [2.24, 2.45) is 5.73 Å². The van der Waals surface area contributed by atoms with Crippen LogP contribution >= 0.6 is 0 Å². The van der Waals surface area contributed by atoms with Gasteiger partial charge in [-0.1, -0.05) is 54.6 Å². The molecule has 0 aliphatic heterocycles. The first-order valence-electron chi connectivity index (χ1n) is 7.87. The molecule has 0 saturated heterocycles. The maximum absolute atomic E-state index is 13.7. The molecule has 0 bridgehead atoms. The average molecular weight is 336 g/mol. The Hall–Kier alpha value is -3.21. The number of halogens is 1. The van der Waals surface area contributed by atoms with Crippen LogP contribution in [0.15, 0.2) is 66.7 Å². The SMILES string of the molecule is NC(=O)[C@@H](Cc1ccc2ccccc2c1)NC(=O)c1ccccc1F. The van der Waals surface area contributed by atoms with E-state index in [2.05, 4.69) is 5.32 Å². The topological polar surface area (TPSA) is 72.2 Å². The summed E-state index contributed by atoms with van der Waals surface area (Å²) in [6, 6.07) is 18.3. The summed E-state index contributed by atoms with van der Waals surface area (Å²) < 4.78 is 13.7. The van der Waals surface area contributed by atoms with Gasteiger partial charge in [0.1, 0.15) is 11.9 Å². The number of rotatable bonds is 5. The smallest absolute Gasteiger partial charge is 0.254 e. The predicted molar refractivity (Wildman–Crippen MR) is 94.5 cm³/mol. The monoisotopic (exact) mass is 336 g/mol. The van der Waals surface area contributed by atoms with Crippen molar-refractivity contribution >= 4 is 22.6 Å². The third kappa shape index (κ3) is 3.83. The molecule has 25 heavy (non-hydrogen) atoms. The van der Waals surface area contributed by atoms with Gasteiger partial charge in [-0.25, -0.2) is 4.39 Å². The van der Waals surface area contributed by atoms with Crippen LogP contribution in [-0.2, 0) is 11.2 Å². The molecule has 3 rings (SSSR count). The van der Waals surface area contributed by atoms with E-state index in [9.17, 15) is 14.0 Å². The summed E-state index contributed by atoms with van der Waals surface area (Å²) in [5.74, 6) is -1.98. The first kappa shape index (κ1) is 16.6. The van der Waals surface area contributed by atoms with Crippen LogP contribution in [0.2, 0.25) is 0 Å². The highest BCUT2D eigenvalue weighted by Crippen LogP contribution is 2.17. The van der Waals surface area contributed by atoms with Gasteiger partial charge in [0.05, 0.1) is 5.56 Å². The van der Waals surface area contributed by atoms with Crippen LogP contribution in [0.5, 0.6) is 0 Å². The molecular weight excluding hydrogens is 319 g/mol. The van der Waals surface area contributed by atoms with Crippen molar-refractivity contribution in [3.05, 3.63) is 83.7 Å². The molecule has 0 aromatic heterocycles. The second kappa shape index (κ2) is 7.13. The molecule has 3 aromatic rings. The van der Waals surface area contributed by atoms with Gasteiger partial charge in [-0.2, -0.15) is 0 Å². The fraction of sp³-hybridized carbons (Fsp3) is 0.100. The number of primary amides is 1. The van der Waals surface area contributed by atoms with E-state index < -0.39 is 23.7 Å². The molecule has 126 valence electrons. The first-order chi connectivity index (χ1) is 12.0. The maximum Gasteiger partial charge on any atom is 0.254 e. The summed E-state index contributed by atoms with van der Waals surface area (Å²) in [7, 11) is 0. The van der Waals surface area contributed by atoms with E-state index in [0.717, 1.165) is 16.3 Å². The van der Waals surface area contributed by atoms with Crippen molar-refractivity contribution in [3.8, 4) is 0 Å². The highest BCUT2D eigenvalue weighted by atomic mass is 19.1. The van der Waals surface area contributed by atoms with E-state index in [0.29, 0.717) is 0 Å². The summed E-state index contributed by atoms with van der Waals surface area (Å²) in [5.41, 5.74) is 6.15. The maximum atomic E-state index is 13.7. The molecule has 1 atom stereocenters. The molecule has 2 amide bonds. The molecule has 0 saturated carbocycles. The Labute approximate surface area is 144 Å². The number of carbonyl (C=O) groups is 2. The Morgan fingerprint density at radius 1 is 0.960 bits per heavy atom. The molecule has 0 heterocycles. The second-order valence-electron chi connectivity index (χ2n) is 5.79. The number of amides is 2. The Balaban J connectivity index is 1.80. The van der Waals surface area contributed by atoms with Gasteiger partial charge in [0, 0.05) is 6.42 Å². The number of hydrogen-bond acceptors (Lipinski definition) is 2. The molecule has 0 unspecified atom stereocenters. The lowest BCUT2D eigenvalue weighted by Crippen LogP contribution is -2.46. The molecule has 5 heteroatoms. The van der Waals surface area contributed by atoms with Gasteiger partial charge >= 0.3 is 0 Å².